The fraction of sp³-hybridized carbons (Fsp3) is 0. The largest absolute Gasteiger partial charge is 0.507 e. The van der Waals surface area contributed by atoms with Crippen molar-refractivity contribution in [2.24, 2.45) is 0 Å². The van der Waals surface area contributed by atoms with Crippen LogP contribution in [0, 0.1) is 0 Å². The molecule has 0 aromatic heterocycles. The first-order valence-electron chi connectivity index (χ1n) is 5.32. The smallest absolute Gasteiger partial charge is 0.220 e. The Labute approximate surface area is 122 Å². The number of benzene rings is 2. The van der Waals surface area contributed by atoms with Gasteiger partial charge in [-0.1, -0.05) is 42.5 Å². The number of hydrogen-bond acceptors (Lipinski definition) is 3. The van der Waals surface area contributed by atoms with E-state index in [0.29, 0.717) is 5.56 Å². The molecule has 0 spiro atoms. The van der Waals surface area contributed by atoms with E-state index in [4.69, 9.17) is 5.11 Å². The summed E-state index contributed by atoms with van der Waals surface area (Å²) >= 11 is 7.21. The number of aromatic hydroxyl groups is 1. The summed E-state index contributed by atoms with van der Waals surface area (Å²) in [5, 5.41) is 8.41. The summed E-state index contributed by atoms with van der Waals surface area (Å²) in [6, 6.07) is 15.2. The van der Waals surface area contributed by atoms with Crippen LogP contribution in [-0.2, 0) is 0 Å². The summed E-state index contributed by atoms with van der Waals surface area (Å²) < 4.78 is 0. The minimum absolute atomic E-state index is 0.0255. The molecule has 5 heteroatoms. The highest BCUT2D eigenvalue weighted by Gasteiger charge is 2.03. The predicted molar refractivity (Wildman–Crippen MR) is 81.2 cm³/mol. The van der Waals surface area contributed by atoms with Gasteiger partial charge in [0.05, 0.1) is 5.56 Å². The normalized spacial score (nSPS) is 9.16. The van der Waals surface area contributed by atoms with Crippen LogP contribution in [0.25, 0.3) is 0 Å². The Morgan fingerprint density at radius 1 is 0.789 bits per heavy atom. The lowest BCUT2D eigenvalue weighted by Crippen LogP contribution is -1.87. The Kier molecular flexibility index (Phi) is 6.18. The molecule has 0 atom stereocenters. The molecule has 0 saturated heterocycles. The standard InChI is InChI=1S/C7H6O2S.C7H6OS/c8-6-4-2-1-3-5(6)7(9)10;8-7(9)6-4-2-1-3-5-6/h1-4,8H,(H,9,10);1-5H,(H,8,9). The van der Waals surface area contributed by atoms with Crippen molar-refractivity contribution >= 4 is 35.5 Å². The SMILES string of the molecule is O=C(S)c1ccccc1.O=C(S)c1ccccc1O. The van der Waals surface area contributed by atoms with Crippen LogP contribution in [0.3, 0.4) is 0 Å². The first kappa shape index (κ1) is 15.3. The summed E-state index contributed by atoms with van der Waals surface area (Å²) in [5.74, 6) is -0.0255. The minimum Gasteiger partial charge on any atom is -0.507 e. The third-order valence-corrected chi connectivity index (χ3v) is 2.65. The Bertz CT molecular complexity index is 568. The number of phenolic OH excluding ortho intramolecular Hbond substituents is 1. The van der Waals surface area contributed by atoms with E-state index in [-0.39, 0.29) is 16.4 Å². The van der Waals surface area contributed by atoms with Gasteiger partial charge in [0.15, 0.2) is 0 Å². The van der Waals surface area contributed by atoms with Gasteiger partial charge in [-0.3, -0.25) is 9.59 Å². The number of carbonyl (C=O) groups excluding carboxylic acids is 2. The molecule has 0 amide bonds. The van der Waals surface area contributed by atoms with E-state index in [0.717, 1.165) is 0 Å². The monoisotopic (exact) mass is 292 g/mol. The number of phenols is 1. The van der Waals surface area contributed by atoms with Crippen LogP contribution >= 0.6 is 25.3 Å². The summed E-state index contributed by atoms with van der Waals surface area (Å²) in [7, 11) is 0. The predicted octanol–water partition coefficient (Wildman–Crippen LogP) is 3.22. The van der Waals surface area contributed by atoms with Gasteiger partial charge in [-0.15, -0.1) is 25.3 Å². The van der Waals surface area contributed by atoms with Gasteiger partial charge in [-0.25, -0.2) is 0 Å². The molecule has 2 aromatic rings. The highest BCUT2D eigenvalue weighted by molar-refractivity contribution is 7.97. The average molecular weight is 292 g/mol. The molecular formula is C14H12O3S2. The lowest BCUT2D eigenvalue weighted by atomic mass is 10.2. The maximum Gasteiger partial charge on any atom is 0.220 e. The minimum atomic E-state index is -0.418. The molecule has 2 aromatic carbocycles. The Balaban J connectivity index is 0.000000191. The molecule has 1 N–H and O–H groups in total. The van der Waals surface area contributed by atoms with Crippen LogP contribution in [0.4, 0.5) is 0 Å². The second kappa shape index (κ2) is 7.66. The number of hydrogen-bond donors (Lipinski definition) is 3. The number of rotatable bonds is 2. The molecule has 0 aliphatic heterocycles. The molecule has 0 unspecified atom stereocenters. The topological polar surface area (TPSA) is 54.4 Å². The molecule has 3 nitrogen and oxygen atoms in total. The van der Waals surface area contributed by atoms with Crippen molar-refractivity contribution in [3.8, 4) is 5.75 Å². The summed E-state index contributed by atoms with van der Waals surface area (Å²) in [6.07, 6.45) is 0. The zero-order valence-electron chi connectivity index (χ0n) is 9.85. The zero-order chi connectivity index (χ0) is 14.3. The second-order valence-corrected chi connectivity index (χ2v) is 4.31. The molecular weight excluding hydrogens is 280 g/mol. The van der Waals surface area contributed by atoms with E-state index in [1.54, 1.807) is 24.3 Å². The molecule has 19 heavy (non-hydrogen) atoms. The van der Waals surface area contributed by atoms with Gasteiger partial charge in [0.25, 0.3) is 0 Å². The van der Waals surface area contributed by atoms with Gasteiger partial charge >= 0.3 is 0 Å². The van der Waals surface area contributed by atoms with Crippen molar-refractivity contribution in [2.45, 2.75) is 0 Å². The van der Waals surface area contributed by atoms with Crippen molar-refractivity contribution in [3.63, 3.8) is 0 Å². The maximum atomic E-state index is 10.6. The molecule has 0 heterocycles. The van der Waals surface area contributed by atoms with Gasteiger partial charge in [0, 0.05) is 5.56 Å². The summed E-state index contributed by atoms with van der Waals surface area (Å²) in [4.78, 5) is 21.1. The average Bonchev–Trinajstić information content (AvgIpc) is 2.40. The van der Waals surface area contributed by atoms with Crippen LogP contribution in [-0.4, -0.2) is 15.3 Å². The second-order valence-electron chi connectivity index (χ2n) is 3.49. The van der Waals surface area contributed by atoms with Gasteiger partial charge < -0.3 is 5.11 Å². The van der Waals surface area contributed by atoms with Crippen molar-refractivity contribution in [1.82, 2.24) is 0 Å². The van der Waals surface area contributed by atoms with Gasteiger partial charge in [0.1, 0.15) is 5.75 Å². The van der Waals surface area contributed by atoms with Crippen molar-refractivity contribution in [2.75, 3.05) is 0 Å². The quantitative estimate of drug-likeness (QED) is 0.745. The van der Waals surface area contributed by atoms with Gasteiger partial charge in [-0.05, 0) is 12.1 Å². The van der Waals surface area contributed by atoms with E-state index in [9.17, 15) is 9.59 Å². The van der Waals surface area contributed by atoms with Gasteiger partial charge in [-0.2, -0.15) is 0 Å². The summed E-state index contributed by atoms with van der Waals surface area (Å²) in [5.41, 5.74) is 0.881. The Morgan fingerprint density at radius 3 is 1.68 bits per heavy atom. The van der Waals surface area contributed by atoms with Crippen LogP contribution in [0.15, 0.2) is 54.6 Å². The third kappa shape index (κ3) is 5.19. The first-order valence-corrected chi connectivity index (χ1v) is 6.21. The fourth-order valence-corrected chi connectivity index (χ4v) is 1.57. The Morgan fingerprint density at radius 2 is 1.32 bits per heavy atom. The maximum absolute atomic E-state index is 10.6. The number of carbonyl (C=O) groups is 2. The third-order valence-electron chi connectivity index (χ3n) is 2.16. The highest BCUT2D eigenvalue weighted by atomic mass is 32.1. The number of thiol groups is 2. The molecule has 0 radical (unpaired) electrons. The van der Waals surface area contributed by atoms with Crippen LogP contribution < -0.4 is 0 Å². The molecule has 0 fully saturated rings. The fourth-order valence-electron chi connectivity index (χ4n) is 1.24. The van der Waals surface area contributed by atoms with Gasteiger partial charge in [0.2, 0.25) is 10.2 Å². The van der Waals surface area contributed by atoms with Crippen molar-refractivity contribution in [1.29, 1.82) is 0 Å². The first-order chi connectivity index (χ1) is 9.02. The van der Waals surface area contributed by atoms with E-state index in [1.165, 1.54) is 12.1 Å². The molecule has 98 valence electrons. The van der Waals surface area contributed by atoms with Crippen LogP contribution in [0.5, 0.6) is 5.75 Å². The van der Waals surface area contributed by atoms with Crippen LogP contribution in [0.2, 0.25) is 0 Å². The lowest BCUT2D eigenvalue weighted by molar-refractivity contribution is 0.108. The van der Waals surface area contributed by atoms with E-state index < -0.39 is 5.12 Å². The summed E-state index contributed by atoms with van der Waals surface area (Å²) in [6.45, 7) is 0. The molecule has 0 bridgehead atoms. The van der Waals surface area contributed by atoms with Crippen molar-refractivity contribution < 1.29 is 14.7 Å². The van der Waals surface area contributed by atoms with E-state index >= 15 is 0 Å². The molecule has 0 aliphatic carbocycles. The van der Waals surface area contributed by atoms with E-state index in [1.807, 2.05) is 18.2 Å². The number of para-hydroxylation sites is 1. The van der Waals surface area contributed by atoms with Crippen LogP contribution in [0.1, 0.15) is 20.7 Å². The van der Waals surface area contributed by atoms with E-state index in [2.05, 4.69) is 25.3 Å². The Hall–Kier alpha value is -1.72. The lowest BCUT2D eigenvalue weighted by Gasteiger charge is -1.95. The molecule has 0 aliphatic rings. The molecule has 2 rings (SSSR count). The highest BCUT2D eigenvalue weighted by Crippen LogP contribution is 2.16. The molecule has 0 saturated carbocycles. The van der Waals surface area contributed by atoms with Crippen molar-refractivity contribution in [3.05, 3.63) is 65.7 Å². The zero-order valence-corrected chi connectivity index (χ0v) is 11.6.